The van der Waals surface area contributed by atoms with Crippen molar-refractivity contribution in [2.75, 3.05) is 11.9 Å². The van der Waals surface area contributed by atoms with Crippen LogP contribution in [0.1, 0.15) is 30.1 Å². The average molecular weight is 332 g/mol. The summed E-state index contributed by atoms with van der Waals surface area (Å²) in [5.41, 5.74) is 0.957. The first kappa shape index (κ1) is 17.2. The van der Waals surface area contributed by atoms with Gasteiger partial charge in [-0.3, -0.25) is 4.79 Å². The Morgan fingerprint density at radius 1 is 1.04 bits per heavy atom. The molecular formula is C17H20N2O3S. The maximum Gasteiger partial charge on any atom is 0.255 e. The van der Waals surface area contributed by atoms with Gasteiger partial charge >= 0.3 is 0 Å². The highest BCUT2D eigenvalue weighted by Gasteiger charge is 2.14. The van der Waals surface area contributed by atoms with Crippen molar-refractivity contribution in [1.82, 2.24) is 4.72 Å². The minimum Gasteiger partial charge on any atom is -0.322 e. The Hall–Kier alpha value is -2.18. The maximum atomic E-state index is 12.2. The summed E-state index contributed by atoms with van der Waals surface area (Å²) in [6.07, 6.45) is 1.69. The van der Waals surface area contributed by atoms with Crippen molar-refractivity contribution in [3.8, 4) is 0 Å². The Kier molecular flexibility index (Phi) is 5.90. The van der Waals surface area contributed by atoms with Gasteiger partial charge in [0.25, 0.3) is 5.91 Å². The number of benzene rings is 2. The molecule has 0 aliphatic carbocycles. The van der Waals surface area contributed by atoms with Crippen LogP contribution in [0, 0.1) is 0 Å². The lowest BCUT2D eigenvalue weighted by Crippen LogP contribution is -2.24. The van der Waals surface area contributed by atoms with Crippen LogP contribution < -0.4 is 10.0 Å². The molecule has 0 aliphatic heterocycles. The van der Waals surface area contributed by atoms with Gasteiger partial charge in [0.15, 0.2) is 0 Å². The molecule has 0 unspecified atom stereocenters. The molecule has 5 nitrogen and oxygen atoms in total. The summed E-state index contributed by atoms with van der Waals surface area (Å²) in [7, 11) is -3.56. The van der Waals surface area contributed by atoms with E-state index in [1.54, 1.807) is 36.4 Å². The highest BCUT2D eigenvalue weighted by molar-refractivity contribution is 7.89. The predicted molar refractivity (Wildman–Crippen MR) is 90.9 cm³/mol. The Bertz CT molecular complexity index is 758. The first-order valence-electron chi connectivity index (χ1n) is 7.49. The number of amides is 1. The van der Waals surface area contributed by atoms with Gasteiger partial charge in [0.1, 0.15) is 0 Å². The molecule has 23 heavy (non-hydrogen) atoms. The molecule has 2 rings (SSSR count). The fourth-order valence-electron chi connectivity index (χ4n) is 2.00. The molecule has 0 fully saturated rings. The molecule has 2 aromatic carbocycles. The number of hydrogen-bond acceptors (Lipinski definition) is 3. The van der Waals surface area contributed by atoms with Gasteiger partial charge in [0.2, 0.25) is 10.0 Å². The molecule has 6 heteroatoms. The fourth-order valence-corrected chi connectivity index (χ4v) is 3.12. The monoisotopic (exact) mass is 332 g/mol. The van der Waals surface area contributed by atoms with Gasteiger partial charge in [-0.1, -0.05) is 37.6 Å². The fraction of sp³-hybridized carbons (Fsp3) is 0.235. The molecule has 0 saturated carbocycles. The second-order valence-electron chi connectivity index (χ2n) is 5.10. The zero-order valence-electron chi connectivity index (χ0n) is 13.0. The third-order valence-corrected chi connectivity index (χ3v) is 4.72. The smallest absolute Gasteiger partial charge is 0.255 e. The predicted octanol–water partition coefficient (Wildman–Crippen LogP) is 3.02. The van der Waals surface area contributed by atoms with Crippen LogP contribution in [-0.2, 0) is 10.0 Å². The molecule has 0 aliphatic rings. The van der Waals surface area contributed by atoms with Crippen LogP contribution in [0.15, 0.2) is 59.5 Å². The normalized spacial score (nSPS) is 11.2. The van der Waals surface area contributed by atoms with E-state index < -0.39 is 10.0 Å². The van der Waals surface area contributed by atoms with E-state index in [4.69, 9.17) is 0 Å². The summed E-state index contributed by atoms with van der Waals surface area (Å²) in [6, 6.07) is 15.0. The second-order valence-corrected chi connectivity index (χ2v) is 6.87. The van der Waals surface area contributed by atoms with Crippen LogP contribution in [-0.4, -0.2) is 20.9 Å². The first-order valence-corrected chi connectivity index (χ1v) is 8.97. The number of unbranched alkanes of at least 4 members (excludes halogenated alkanes) is 1. The molecular weight excluding hydrogens is 312 g/mol. The Labute approximate surface area is 136 Å². The second kappa shape index (κ2) is 7.89. The summed E-state index contributed by atoms with van der Waals surface area (Å²) >= 11 is 0. The number of nitrogens with one attached hydrogen (secondary N) is 2. The molecule has 1 amide bonds. The lowest BCUT2D eigenvalue weighted by Gasteiger charge is -2.09. The number of rotatable bonds is 7. The Morgan fingerprint density at radius 2 is 1.78 bits per heavy atom. The van der Waals surface area contributed by atoms with E-state index in [2.05, 4.69) is 10.0 Å². The summed E-state index contributed by atoms with van der Waals surface area (Å²) in [5, 5.41) is 2.71. The highest BCUT2D eigenvalue weighted by Crippen LogP contribution is 2.16. The van der Waals surface area contributed by atoms with E-state index in [-0.39, 0.29) is 10.8 Å². The van der Waals surface area contributed by atoms with Crippen LogP contribution in [0.2, 0.25) is 0 Å². The Morgan fingerprint density at radius 3 is 2.48 bits per heavy atom. The zero-order chi connectivity index (χ0) is 16.7. The van der Waals surface area contributed by atoms with E-state index in [9.17, 15) is 13.2 Å². The number of sulfonamides is 1. The van der Waals surface area contributed by atoms with Crippen molar-refractivity contribution in [1.29, 1.82) is 0 Å². The lowest BCUT2D eigenvalue weighted by atomic mass is 10.2. The van der Waals surface area contributed by atoms with Crippen molar-refractivity contribution < 1.29 is 13.2 Å². The van der Waals surface area contributed by atoms with Gasteiger partial charge in [0, 0.05) is 17.8 Å². The summed E-state index contributed by atoms with van der Waals surface area (Å²) in [5.74, 6) is -0.279. The number of anilines is 1. The van der Waals surface area contributed by atoms with Crippen LogP contribution in [0.5, 0.6) is 0 Å². The topological polar surface area (TPSA) is 75.3 Å². The number of carbonyl (C=O) groups is 1. The van der Waals surface area contributed by atoms with Gasteiger partial charge in [0.05, 0.1) is 4.90 Å². The standard InChI is InChI=1S/C17H20N2O3S/c1-2-3-12-18-23(21,22)16-11-7-10-15(13-16)19-17(20)14-8-5-4-6-9-14/h4-11,13,18H,2-3,12H2,1H3,(H,19,20). The van der Waals surface area contributed by atoms with Crippen molar-refractivity contribution in [3.05, 3.63) is 60.2 Å². The maximum absolute atomic E-state index is 12.2. The van der Waals surface area contributed by atoms with Crippen LogP contribution in [0.3, 0.4) is 0 Å². The van der Waals surface area contributed by atoms with Crippen molar-refractivity contribution in [2.45, 2.75) is 24.7 Å². The van der Waals surface area contributed by atoms with E-state index in [1.165, 1.54) is 12.1 Å². The third kappa shape index (κ3) is 4.91. The molecule has 2 N–H and O–H groups in total. The van der Waals surface area contributed by atoms with Crippen molar-refractivity contribution >= 4 is 21.6 Å². The molecule has 0 spiro atoms. The van der Waals surface area contributed by atoms with Crippen LogP contribution >= 0.6 is 0 Å². The van der Waals surface area contributed by atoms with Crippen molar-refractivity contribution in [3.63, 3.8) is 0 Å². The first-order chi connectivity index (χ1) is 11.0. The lowest BCUT2D eigenvalue weighted by molar-refractivity contribution is 0.102. The summed E-state index contributed by atoms with van der Waals surface area (Å²) in [6.45, 7) is 2.40. The zero-order valence-corrected chi connectivity index (χ0v) is 13.8. The molecule has 0 bridgehead atoms. The third-order valence-electron chi connectivity index (χ3n) is 3.26. The molecule has 2 aromatic rings. The molecule has 0 atom stereocenters. The van der Waals surface area contributed by atoms with Crippen LogP contribution in [0.25, 0.3) is 0 Å². The molecule has 0 radical (unpaired) electrons. The molecule has 0 aromatic heterocycles. The van der Waals surface area contributed by atoms with Gasteiger partial charge in [-0.05, 0) is 36.8 Å². The van der Waals surface area contributed by atoms with Gasteiger partial charge < -0.3 is 5.32 Å². The van der Waals surface area contributed by atoms with Gasteiger partial charge in [-0.25, -0.2) is 13.1 Å². The average Bonchev–Trinajstić information content (AvgIpc) is 2.56. The SMILES string of the molecule is CCCCNS(=O)(=O)c1cccc(NC(=O)c2ccccc2)c1. The molecule has 0 saturated heterocycles. The minimum atomic E-state index is -3.56. The van der Waals surface area contributed by atoms with Crippen LogP contribution in [0.4, 0.5) is 5.69 Å². The highest BCUT2D eigenvalue weighted by atomic mass is 32.2. The molecule has 122 valence electrons. The molecule has 0 heterocycles. The largest absolute Gasteiger partial charge is 0.322 e. The Balaban J connectivity index is 2.12. The summed E-state index contributed by atoms with van der Waals surface area (Å²) in [4.78, 5) is 12.2. The van der Waals surface area contributed by atoms with E-state index in [1.807, 2.05) is 13.0 Å². The van der Waals surface area contributed by atoms with E-state index >= 15 is 0 Å². The van der Waals surface area contributed by atoms with Gasteiger partial charge in [-0.2, -0.15) is 0 Å². The number of hydrogen-bond donors (Lipinski definition) is 2. The van der Waals surface area contributed by atoms with Gasteiger partial charge in [-0.15, -0.1) is 0 Å². The van der Waals surface area contributed by atoms with E-state index in [0.717, 1.165) is 12.8 Å². The summed E-state index contributed by atoms with van der Waals surface area (Å²) < 4.78 is 26.9. The van der Waals surface area contributed by atoms with Crippen molar-refractivity contribution in [2.24, 2.45) is 0 Å². The quantitative estimate of drug-likeness (QED) is 0.765. The number of carbonyl (C=O) groups excluding carboxylic acids is 1. The minimum absolute atomic E-state index is 0.138. The van der Waals surface area contributed by atoms with E-state index in [0.29, 0.717) is 17.8 Å².